The van der Waals surface area contributed by atoms with Crippen LogP contribution in [0, 0.1) is 0 Å². The maximum Gasteiger partial charge on any atom is 0.105 e. The third-order valence-corrected chi connectivity index (χ3v) is 9.27. The second kappa shape index (κ2) is 26.2. The minimum Gasteiger partial charge on any atom is -0.356 e. The fraction of sp³-hybridized carbons (Fsp3) is 0.795. The Balaban J connectivity index is 1.54. The van der Waals surface area contributed by atoms with Crippen molar-refractivity contribution < 1.29 is 0 Å². The smallest absolute Gasteiger partial charge is 0.105 e. The molecule has 0 aliphatic carbocycles. The minimum absolute atomic E-state index is 0.502. The van der Waals surface area contributed by atoms with E-state index in [1.165, 1.54) is 179 Å². The summed E-state index contributed by atoms with van der Waals surface area (Å²) >= 11 is 0. The summed E-state index contributed by atoms with van der Waals surface area (Å²) in [4.78, 5) is 5.29. The molecule has 0 saturated carbocycles. The molecule has 0 bridgehead atoms. The predicted octanol–water partition coefficient (Wildman–Crippen LogP) is 12.4. The van der Waals surface area contributed by atoms with Gasteiger partial charge < -0.3 is 9.80 Å². The number of benzene rings is 1. The van der Waals surface area contributed by atoms with E-state index in [9.17, 15) is 0 Å². The summed E-state index contributed by atoms with van der Waals surface area (Å²) in [6.45, 7) is 7.03. The lowest BCUT2D eigenvalue weighted by Crippen LogP contribution is -2.41. The molecular formula is C39H70N2. The van der Waals surface area contributed by atoms with Gasteiger partial charge in [0.1, 0.15) is 6.17 Å². The average Bonchev–Trinajstić information content (AvgIpc) is 3.37. The Morgan fingerprint density at radius 1 is 0.415 bits per heavy atom. The lowest BCUT2D eigenvalue weighted by molar-refractivity contribution is 0.148. The Kier molecular flexibility index (Phi) is 22.9. The van der Waals surface area contributed by atoms with Crippen molar-refractivity contribution in [1.82, 2.24) is 9.80 Å². The van der Waals surface area contributed by atoms with Gasteiger partial charge in [0, 0.05) is 31.9 Å². The monoisotopic (exact) mass is 567 g/mol. The average molecular weight is 567 g/mol. The first-order chi connectivity index (χ1) is 20.3. The van der Waals surface area contributed by atoms with E-state index in [1.54, 1.807) is 0 Å². The normalized spacial score (nSPS) is 14.9. The fourth-order valence-electron chi connectivity index (χ4n) is 6.51. The highest BCUT2D eigenvalue weighted by atomic mass is 15.4. The van der Waals surface area contributed by atoms with Crippen molar-refractivity contribution in [3.8, 4) is 0 Å². The molecule has 1 aliphatic rings. The number of rotatable bonds is 29. The largest absolute Gasteiger partial charge is 0.356 e. The molecule has 2 nitrogen and oxygen atoms in total. The molecule has 41 heavy (non-hydrogen) atoms. The Morgan fingerprint density at radius 3 is 1.07 bits per heavy atom. The number of hydrogen-bond acceptors (Lipinski definition) is 2. The van der Waals surface area contributed by atoms with Crippen LogP contribution in [0.25, 0.3) is 0 Å². The van der Waals surface area contributed by atoms with Gasteiger partial charge in [-0.3, -0.25) is 0 Å². The molecular weight excluding hydrogens is 496 g/mol. The number of nitrogens with zero attached hydrogens (tertiary/aromatic N) is 2. The molecule has 0 saturated heterocycles. The van der Waals surface area contributed by atoms with Gasteiger partial charge in [0.15, 0.2) is 0 Å². The van der Waals surface area contributed by atoms with Crippen LogP contribution in [-0.4, -0.2) is 29.1 Å². The maximum atomic E-state index is 2.64. The van der Waals surface area contributed by atoms with Gasteiger partial charge in [0.25, 0.3) is 0 Å². The lowest BCUT2D eigenvalue weighted by atomic mass is 10.0. The van der Waals surface area contributed by atoms with Crippen LogP contribution in [0.15, 0.2) is 42.7 Å². The van der Waals surface area contributed by atoms with Gasteiger partial charge in [-0.2, -0.15) is 0 Å². The van der Waals surface area contributed by atoms with Crippen molar-refractivity contribution in [3.63, 3.8) is 0 Å². The van der Waals surface area contributed by atoms with Crippen molar-refractivity contribution in [2.45, 2.75) is 187 Å². The third-order valence-electron chi connectivity index (χ3n) is 9.27. The molecule has 2 rings (SSSR count). The van der Waals surface area contributed by atoms with Crippen LogP contribution in [0.2, 0.25) is 0 Å². The lowest BCUT2D eigenvalue weighted by Gasteiger charge is -2.33. The van der Waals surface area contributed by atoms with Gasteiger partial charge in [0.2, 0.25) is 0 Å². The second-order valence-corrected chi connectivity index (χ2v) is 13.1. The van der Waals surface area contributed by atoms with E-state index in [2.05, 4.69) is 66.4 Å². The maximum absolute atomic E-state index is 2.64. The highest BCUT2D eigenvalue weighted by molar-refractivity contribution is 5.17. The summed E-state index contributed by atoms with van der Waals surface area (Å²) in [5.74, 6) is 0. The van der Waals surface area contributed by atoms with E-state index < -0.39 is 0 Å². The fourth-order valence-corrected chi connectivity index (χ4v) is 6.51. The molecule has 0 spiro atoms. The molecule has 1 aromatic rings. The van der Waals surface area contributed by atoms with E-state index in [0.717, 1.165) is 6.42 Å². The minimum atomic E-state index is 0.502. The first-order valence-electron chi connectivity index (χ1n) is 18.6. The van der Waals surface area contributed by atoms with Gasteiger partial charge in [-0.05, 0) is 18.4 Å². The molecule has 236 valence electrons. The number of hydrogen-bond donors (Lipinski definition) is 0. The molecule has 0 aromatic heterocycles. The topological polar surface area (TPSA) is 6.48 Å². The van der Waals surface area contributed by atoms with E-state index in [0.29, 0.717) is 6.17 Å². The Morgan fingerprint density at radius 2 is 0.732 bits per heavy atom. The van der Waals surface area contributed by atoms with Crippen LogP contribution >= 0.6 is 0 Å². The quantitative estimate of drug-likeness (QED) is 0.0890. The summed E-state index contributed by atoms with van der Waals surface area (Å²) in [7, 11) is 0. The summed E-state index contributed by atoms with van der Waals surface area (Å²) in [6.07, 6.45) is 42.1. The van der Waals surface area contributed by atoms with Crippen molar-refractivity contribution in [2.75, 3.05) is 13.1 Å². The highest BCUT2D eigenvalue weighted by Gasteiger charge is 2.25. The standard InChI is InChI=1S/C39H70N2/c1-3-5-7-9-11-13-15-16-17-18-19-21-23-25-30-34-41-36-35-40(39(41)37-38-31-27-26-28-32-38)33-29-24-22-20-14-12-10-8-6-4-2/h26-28,31-32,35-36,39H,3-25,29-30,33-34,37H2,1-2H3. The summed E-state index contributed by atoms with van der Waals surface area (Å²) in [6, 6.07) is 11.2. The van der Waals surface area contributed by atoms with Crippen LogP contribution < -0.4 is 0 Å². The zero-order valence-electron chi connectivity index (χ0n) is 27.8. The van der Waals surface area contributed by atoms with Crippen molar-refractivity contribution in [3.05, 3.63) is 48.3 Å². The zero-order valence-corrected chi connectivity index (χ0v) is 27.8. The van der Waals surface area contributed by atoms with E-state index in [1.807, 2.05) is 0 Å². The third kappa shape index (κ3) is 18.7. The van der Waals surface area contributed by atoms with Gasteiger partial charge in [-0.1, -0.05) is 192 Å². The Hall–Kier alpha value is -1.44. The molecule has 1 heterocycles. The van der Waals surface area contributed by atoms with Crippen LogP contribution in [0.3, 0.4) is 0 Å². The zero-order chi connectivity index (χ0) is 29.1. The van der Waals surface area contributed by atoms with E-state index in [-0.39, 0.29) is 0 Å². The predicted molar refractivity (Wildman–Crippen MR) is 183 cm³/mol. The van der Waals surface area contributed by atoms with Gasteiger partial charge in [-0.15, -0.1) is 0 Å². The molecule has 1 aliphatic heterocycles. The van der Waals surface area contributed by atoms with Crippen molar-refractivity contribution in [1.29, 1.82) is 0 Å². The molecule has 2 heteroatoms. The van der Waals surface area contributed by atoms with Crippen molar-refractivity contribution >= 4 is 0 Å². The summed E-state index contributed by atoms with van der Waals surface area (Å²) < 4.78 is 0. The first kappa shape index (κ1) is 35.8. The Bertz CT molecular complexity index is 699. The van der Waals surface area contributed by atoms with Crippen LogP contribution in [-0.2, 0) is 6.42 Å². The Labute approximate surface area is 257 Å². The van der Waals surface area contributed by atoms with E-state index >= 15 is 0 Å². The molecule has 0 radical (unpaired) electrons. The van der Waals surface area contributed by atoms with Crippen LogP contribution in [0.5, 0.6) is 0 Å². The molecule has 1 unspecified atom stereocenters. The molecule has 1 atom stereocenters. The summed E-state index contributed by atoms with van der Waals surface area (Å²) in [5, 5.41) is 0. The number of unbranched alkanes of at least 4 members (excludes halogenated alkanes) is 23. The molecule has 0 N–H and O–H groups in total. The van der Waals surface area contributed by atoms with Crippen LogP contribution in [0.1, 0.15) is 180 Å². The highest BCUT2D eigenvalue weighted by Crippen LogP contribution is 2.23. The molecule has 0 amide bonds. The van der Waals surface area contributed by atoms with Gasteiger partial charge in [0.05, 0.1) is 0 Å². The van der Waals surface area contributed by atoms with E-state index in [4.69, 9.17) is 0 Å². The SMILES string of the molecule is CCCCCCCCCCCCCCCCCN1C=CN(CCCCCCCCCCCC)C1Cc1ccccc1. The van der Waals surface area contributed by atoms with Gasteiger partial charge >= 0.3 is 0 Å². The molecule has 1 aromatic carbocycles. The van der Waals surface area contributed by atoms with Crippen molar-refractivity contribution in [2.24, 2.45) is 0 Å². The molecule has 0 fully saturated rings. The van der Waals surface area contributed by atoms with Crippen LogP contribution in [0.4, 0.5) is 0 Å². The first-order valence-corrected chi connectivity index (χ1v) is 18.6. The second-order valence-electron chi connectivity index (χ2n) is 13.1. The van der Waals surface area contributed by atoms with Gasteiger partial charge in [-0.25, -0.2) is 0 Å². The summed E-state index contributed by atoms with van der Waals surface area (Å²) in [5.41, 5.74) is 1.47.